The number of hydrogen-bond acceptors (Lipinski definition) is 3. The summed E-state index contributed by atoms with van der Waals surface area (Å²) in [6.07, 6.45) is 1.75. The molecular weight excluding hydrogens is 236 g/mol. The second-order valence-corrected chi connectivity index (χ2v) is 3.93. The molecule has 0 aliphatic rings. The molecule has 0 spiro atoms. The summed E-state index contributed by atoms with van der Waals surface area (Å²) in [5, 5.41) is 3.60. The quantitative estimate of drug-likeness (QED) is 0.901. The van der Waals surface area contributed by atoms with Crippen LogP contribution in [0.3, 0.4) is 0 Å². The summed E-state index contributed by atoms with van der Waals surface area (Å²) < 4.78 is 5.63. The lowest BCUT2D eigenvalue weighted by Gasteiger charge is -2.08. The van der Waals surface area contributed by atoms with Crippen LogP contribution >= 0.6 is 11.6 Å². The molecule has 0 amide bonds. The minimum absolute atomic E-state index is 0.473. The maximum Gasteiger partial charge on any atom is 0.138 e. The maximum atomic E-state index is 6.00. The third-order valence-corrected chi connectivity index (χ3v) is 2.62. The van der Waals surface area contributed by atoms with E-state index in [0.717, 1.165) is 11.4 Å². The number of anilines is 1. The number of nitrogens with one attached hydrogen (secondary N) is 1. The van der Waals surface area contributed by atoms with Gasteiger partial charge < -0.3 is 10.1 Å². The van der Waals surface area contributed by atoms with E-state index in [1.54, 1.807) is 6.20 Å². The summed E-state index contributed by atoms with van der Waals surface area (Å²) in [5.41, 5.74) is 1.05. The first-order valence-electron chi connectivity index (χ1n) is 5.29. The Bertz CT molecular complexity index is 502. The number of pyridine rings is 1. The van der Waals surface area contributed by atoms with Gasteiger partial charge in [-0.3, -0.25) is 0 Å². The van der Waals surface area contributed by atoms with Crippen LogP contribution in [-0.4, -0.2) is 12.0 Å². The second-order valence-electron chi connectivity index (χ2n) is 3.52. The van der Waals surface area contributed by atoms with E-state index < -0.39 is 0 Å². The maximum absolute atomic E-state index is 6.00. The normalized spacial score (nSPS) is 10.0. The highest BCUT2D eigenvalue weighted by Crippen LogP contribution is 2.24. The molecule has 0 atom stereocenters. The molecule has 3 nitrogen and oxygen atoms in total. The summed E-state index contributed by atoms with van der Waals surface area (Å²) >= 11 is 6.00. The van der Waals surface area contributed by atoms with E-state index in [9.17, 15) is 0 Å². The van der Waals surface area contributed by atoms with Crippen molar-refractivity contribution in [3.8, 4) is 5.75 Å². The first-order chi connectivity index (χ1) is 8.29. The van der Waals surface area contributed by atoms with Crippen molar-refractivity contribution < 1.29 is 4.74 Å². The van der Waals surface area contributed by atoms with Crippen LogP contribution in [0.5, 0.6) is 5.75 Å². The van der Waals surface area contributed by atoms with Crippen LogP contribution in [0.15, 0.2) is 42.6 Å². The van der Waals surface area contributed by atoms with Gasteiger partial charge in [0.05, 0.1) is 5.02 Å². The predicted octanol–water partition coefficient (Wildman–Crippen LogP) is 3.36. The van der Waals surface area contributed by atoms with E-state index >= 15 is 0 Å². The summed E-state index contributed by atoms with van der Waals surface area (Å²) in [5.74, 6) is 1.52. The Hall–Kier alpha value is -1.74. The average Bonchev–Trinajstić information content (AvgIpc) is 2.38. The Morgan fingerprint density at radius 3 is 2.88 bits per heavy atom. The molecule has 0 radical (unpaired) electrons. The monoisotopic (exact) mass is 248 g/mol. The predicted molar refractivity (Wildman–Crippen MR) is 69.6 cm³/mol. The van der Waals surface area contributed by atoms with Crippen molar-refractivity contribution in [3.05, 3.63) is 53.2 Å². The SMILES string of the molecule is CNc1cc(COc2ccccc2Cl)ccn1. The lowest BCUT2D eigenvalue weighted by atomic mass is 10.3. The summed E-state index contributed by atoms with van der Waals surface area (Å²) in [6.45, 7) is 0.473. The zero-order valence-corrected chi connectivity index (χ0v) is 10.2. The molecule has 0 aliphatic carbocycles. The molecular formula is C13H13ClN2O. The van der Waals surface area contributed by atoms with E-state index in [4.69, 9.17) is 16.3 Å². The molecule has 4 heteroatoms. The largest absolute Gasteiger partial charge is 0.487 e. The number of nitrogens with zero attached hydrogens (tertiary/aromatic N) is 1. The number of rotatable bonds is 4. The molecule has 0 saturated carbocycles. The summed E-state index contributed by atoms with van der Waals surface area (Å²) in [7, 11) is 1.83. The van der Waals surface area contributed by atoms with Gasteiger partial charge in [-0.15, -0.1) is 0 Å². The minimum atomic E-state index is 0.473. The van der Waals surface area contributed by atoms with Crippen molar-refractivity contribution in [2.24, 2.45) is 0 Å². The summed E-state index contributed by atoms with van der Waals surface area (Å²) in [6, 6.07) is 11.3. The van der Waals surface area contributed by atoms with Gasteiger partial charge in [-0.1, -0.05) is 23.7 Å². The van der Waals surface area contributed by atoms with Gasteiger partial charge in [-0.05, 0) is 29.8 Å². The van der Waals surface area contributed by atoms with Crippen LogP contribution in [0.2, 0.25) is 5.02 Å². The minimum Gasteiger partial charge on any atom is -0.487 e. The molecule has 17 heavy (non-hydrogen) atoms. The Labute approximate surface area is 105 Å². The fourth-order valence-electron chi connectivity index (χ4n) is 1.42. The zero-order valence-electron chi connectivity index (χ0n) is 9.48. The number of aromatic nitrogens is 1. The van der Waals surface area contributed by atoms with E-state index in [0.29, 0.717) is 17.4 Å². The third-order valence-electron chi connectivity index (χ3n) is 2.31. The number of para-hydroxylation sites is 1. The van der Waals surface area contributed by atoms with Gasteiger partial charge in [-0.25, -0.2) is 4.98 Å². The average molecular weight is 249 g/mol. The van der Waals surface area contributed by atoms with Gasteiger partial charge in [0.1, 0.15) is 18.2 Å². The lowest BCUT2D eigenvalue weighted by molar-refractivity contribution is 0.306. The van der Waals surface area contributed by atoms with Crippen LogP contribution in [0.4, 0.5) is 5.82 Å². The molecule has 1 N–H and O–H groups in total. The van der Waals surface area contributed by atoms with Crippen molar-refractivity contribution in [3.63, 3.8) is 0 Å². The molecule has 1 aromatic heterocycles. The van der Waals surface area contributed by atoms with Crippen LogP contribution in [0, 0.1) is 0 Å². The van der Waals surface area contributed by atoms with E-state index in [1.165, 1.54) is 0 Å². The smallest absolute Gasteiger partial charge is 0.138 e. The van der Waals surface area contributed by atoms with Gasteiger partial charge in [-0.2, -0.15) is 0 Å². The van der Waals surface area contributed by atoms with Gasteiger partial charge in [0.15, 0.2) is 0 Å². The zero-order chi connectivity index (χ0) is 12.1. The Morgan fingerprint density at radius 1 is 1.29 bits per heavy atom. The Kier molecular flexibility index (Phi) is 3.83. The van der Waals surface area contributed by atoms with E-state index in [-0.39, 0.29) is 0 Å². The molecule has 1 aromatic carbocycles. The molecule has 1 heterocycles. The van der Waals surface area contributed by atoms with Gasteiger partial charge >= 0.3 is 0 Å². The van der Waals surface area contributed by atoms with E-state index in [2.05, 4.69) is 10.3 Å². The number of halogens is 1. The molecule has 0 bridgehead atoms. The molecule has 0 unspecified atom stereocenters. The number of hydrogen-bond donors (Lipinski definition) is 1. The van der Waals surface area contributed by atoms with Crippen LogP contribution in [0.1, 0.15) is 5.56 Å². The second kappa shape index (κ2) is 5.55. The third kappa shape index (κ3) is 3.11. The van der Waals surface area contributed by atoms with Crippen molar-refractivity contribution in [1.29, 1.82) is 0 Å². The van der Waals surface area contributed by atoms with Crippen LogP contribution in [-0.2, 0) is 6.61 Å². The molecule has 88 valence electrons. The standard InChI is InChI=1S/C13H13ClN2O/c1-15-13-8-10(6-7-16-13)9-17-12-5-3-2-4-11(12)14/h2-8H,9H2,1H3,(H,15,16). The highest BCUT2D eigenvalue weighted by molar-refractivity contribution is 6.32. The number of benzene rings is 1. The van der Waals surface area contributed by atoms with Crippen molar-refractivity contribution in [2.75, 3.05) is 12.4 Å². The van der Waals surface area contributed by atoms with Crippen LogP contribution < -0.4 is 10.1 Å². The highest BCUT2D eigenvalue weighted by atomic mass is 35.5. The fraction of sp³-hybridized carbons (Fsp3) is 0.154. The first kappa shape index (κ1) is 11.7. The molecule has 0 fully saturated rings. The van der Waals surface area contributed by atoms with Crippen molar-refractivity contribution in [1.82, 2.24) is 4.98 Å². The van der Waals surface area contributed by atoms with E-state index in [1.807, 2.05) is 43.4 Å². The molecule has 2 aromatic rings. The first-order valence-corrected chi connectivity index (χ1v) is 5.67. The van der Waals surface area contributed by atoms with Gasteiger partial charge in [0.25, 0.3) is 0 Å². The Morgan fingerprint density at radius 2 is 2.12 bits per heavy atom. The molecule has 0 saturated heterocycles. The topological polar surface area (TPSA) is 34.1 Å². The van der Waals surface area contributed by atoms with Crippen LogP contribution in [0.25, 0.3) is 0 Å². The molecule has 0 aliphatic heterocycles. The van der Waals surface area contributed by atoms with Crippen molar-refractivity contribution in [2.45, 2.75) is 6.61 Å². The molecule has 2 rings (SSSR count). The van der Waals surface area contributed by atoms with Gasteiger partial charge in [0, 0.05) is 13.2 Å². The number of ether oxygens (including phenoxy) is 1. The fourth-order valence-corrected chi connectivity index (χ4v) is 1.61. The summed E-state index contributed by atoms with van der Waals surface area (Å²) in [4.78, 5) is 4.14. The van der Waals surface area contributed by atoms with Crippen molar-refractivity contribution >= 4 is 17.4 Å². The lowest BCUT2D eigenvalue weighted by Crippen LogP contribution is -1.98. The van der Waals surface area contributed by atoms with Gasteiger partial charge in [0.2, 0.25) is 0 Å². The Balaban J connectivity index is 2.05. The highest BCUT2D eigenvalue weighted by Gasteiger charge is 2.01.